The van der Waals surface area contributed by atoms with Gasteiger partial charge in [0.1, 0.15) is 11.4 Å². The first kappa shape index (κ1) is 40.9. The van der Waals surface area contributed by atoms with E-state index in [0.29, 0.717) is 33.7 Å². The molecule has 12 rings (SSSR count). The third kappa shape index (κ3) is 6.50. The van der Waals surface area contributed by atoms with E-state index in [0.717, 1.165) is 77.6 Å². The Labute approximate surface area is 371 Å². The molecular formula is C55H72N6O. The summed E-state index contributed by atoms with van der Waals surface area (Å²) in [6, 6.07) is 21.9. The first-order valence-corrected chi connectivity index (χ1v) is 25.0. The van der Waals surface area contributed by atoms with Crippen LogP contribution < -0.4 is 0 Å². The molecule has 0 saturated heterocycles. The van der Waals surface area contributed by atoms with Gasteiger partial charge >= 0.3 is 0 Å². The smallest absolute Gasteiger partial charge is 0.113 e. The summed E-state index contributed by atoms with van der Waals surface area (Å²) in [5.74, 6) is 5.80. The molecule has 8 aliphatic carbocycles. The molecule has 7 nitrogen and oxygen atoms in total. The lowest BCUT2D eigenvalue weighted by Crippen LogP contribution is -2.50. The molecule has 328 valence electrons. The van der Waals surface area contributed by atoms with Crippen LogP contribution in [-0.2, 0) is 0 Å². The standard InChI is InChI=1S/C28H37N3.C27H35N3O/c1-19-13-15-27(2)21(17-19)9-10-22-23-11-12-26(28(23,3)16-14-24(22)27)31-18-25(29-30-31)20-7-5-4-6-8-20;1-26-14-12-20(31)16-19(26)8-9-21-22-10-11-25(27(22,2)15-13-23(21)26)30-17-24(28-29-30)18-6-4-3-5-7-18/h4-9,18-19,22-24,26H,10-17H2,1-3H3;3-8,17,20-23,25,31H,9-16H2,1-2H3/t19-,22?,23?,24?,26+,27-,28-;20-,21?,22?,23?,25+,26-,27-/m00/s1. The Morgan fingerprint density at radius 2 is 1.00 bits per heavy atom. The highest BCUT2D eigenvalue weighted by atomic mass is 16.3. The van der Waals surface area contributed by atoms with Gasteiger partial charge in [-0.3, -0.25) is 0 Å². The van der Waals surface area contributed by atoms with Gasteiger partial charge in [-0.05, 0) is 166 Å². The van der Waals surface area contributed by atoms with Crippen molar-refractivity contribution in [2.24, 2.45) is 63.1 Å². The fourth-order valence-electron chi connectivity index (χ4n) is 16.6. The number of benzene rings is 2. The molecule has 6 saturated carbocycles. The fraction of sp³-hybridized carbons (Fsp3) is 0.636. The number of hydrogen-bond donors (Lipinski definition) is 1. The molecule has 4 aromatic rings. The van der Waals surface area contributed by atoms with Crippen molar-refractivity contribution in [2.75, 3.05) is 0 Å². The summed E-state index contributed by atoms with van der Waals surface area (Å²) in [5.41, 5.74) is 9.14. The predicted molar refractivity (Wildman–Crippen MR) is 248 cm³/mol. The van der Waals surface area contributed by atoms with Crippen molar-refractivity contribution in [3.05, 3.63) is 96.4 Å². The average Bonchev–Trinajstić information content (AvgIpc) is 4.10. The van der Waals surface area contributed by atoms with Gasteiger partial charge in [0.2, 0.25) is 0 Å². The molecular weight excluding hydrogens is 761 g/mol. The van der Waals surface area contributed by atoms with Crippen molar-refractivity contribution in [2.45, 2.75) is 156 Å². The van der Waals surface area contributed by atoms with Crippen LogP contribution in [0.25, 0.3) is 22.5 Å². The quantitative estimate of drug-likeness (QED) is 0.207. The van der Waals surface area contributed by atoms with Crippen LogP contribution in [-0.4, -0.2) is 41.2 Å². The number of allylic oxidation sites excluding steroid dienone is 3. The molecule has 0 aliphatic heterocycles. The van der Waals surface area contributed by atoms with E-state index in [1.807, 2.05) is 11.6 Å². The van der Waals surface area contributed by atoms with Crippen molar-refractivity contribution < 1.29 is 5.11 Å². The number of nitrogens with zero attached hydrogens (tertiary/aromatic N) is 6. The van der Waals surface area contributed by atoms with Crippen LogP contribution >= 0.6 is 0 Å². The van der Waals surface area contributed by atoms with E-state index in [2.05, 4.69) is 144 Å². The molecule has 0 spiro atoms. The molecule has 7 heteroatoms. The molecule has 62 heavy (non-hydrogen) atoms. The van der Waals surface area contributed by atoms with Crippen LogP contribution in [0.15, 0.2) is 96.4 Å². The normalized spacial score (nSPS) is 41.8. The van der Waals surface area contributed by atoms with Gasteiger partial charge in [-0.2, -0.15) is 0 Å². The Morgan fingerprint density at radius 3 is 1.50 bits per heavy atom. The van der Waals surface area contributed by atoms with Crippen molar-refractivity contribution >= 4 is 0 Å². The number of aromatic nitrogens is 6. The molecule has 0 radical (unpaired) electrons. The van der Waals surface area contributed by atoms with Crippen LogP contribution in [0, 0.1) is 63.1 Å². The van der Waals surface area contributed by atoms with Gasteiger partial charge in [-0.15, -0.1) is 10.2 Å². The third-order valence-electron chi connectivity index (χ3n) is 20.1. The van der Waals surface area contributed by atoms with E-state index in [1.165, 1.54) is 89.0 Å². The van der Waals surface area contributed by atoms with Gasteiger partial charge in [0, 0.05) is 11.1 Å². The summed E-state index contributed by atoms with van der Waals surface area (Å²) in [6.07, 6.45) is 29.8. The molecule has 0 bridgehead atoms. The van der Waals surface area contributed by atoms with Crippen LogP contribution in [0.1, 0.15) is 149 Å². The second kappa shape index (κ2) is 15.4. The summed E-state index contributed by atoms with van der Waals surface area (Å²) in [7, 11) is 0. The van der Waals surface area contributed by atoms with E-state index in [9.17, 15) is 5.11 Å². The largest absolute Gasteiger partial charge is 0.393 e. The topological polar surface area (TPSA) is 81.6 Å². The van der Waals surface area contributed by atoms with Gasteiger partial charge in [0.25, 0.3) is 0 Å². The molecule has 2 aromatic carbocycles. The van der Waals surface area contributed by atoms with Gasteiger partial charge in [-0.25, -0.2) is 9.36 Å². The first-order chi connectivity index (χ1) is 30.0. The third-order valence-corrected chi connectivity index (χ3v) is 20.1. The minimum absolute atomic E-state index is 0.119. The Balaban J connectivity index is 0.000000139. The number of rotatable bonds is 4. The molecule has 1 N–H and O–H groups in total. The van der Waals surface area contributed by atoms with E-state index in [4.69, 9.17) is 0 Å². The fourth-order valence-corrected chi connectivity index (χ4v) is 16.6. The Bertz CT molecular complexity index is 2150. The summed E-state index contributed by atoms with van der Waals surface area (Å²) in [6.45, 7) is 12.7. The summed E-state index contributed by atoms with van der Waals surface area (Å²) in [4.78, 5) is 0. The van der Waals surface area contributed by atoms with Crippen molar-refractivity contribution in [3.63, 3.8) is 0 Å². The van der Waals surface area contributed by atoms with Gasteiger partial charge in [0.15, 0.2) is 0 Å². The zero-order valence-electron chi connectivity index (χ0n) is 38.3. The van der Waals surface area contributed by atoms with Gasteiger partial charge in [0.05, 0.1) is 30.6 Å². The summed E-state index contributed by atoms with van der Waals surface area (Å²) < 4.78 is 4.43. The lowest BCUT2D eigenvalue weighted by molar-refractivity contribution is -0.0489. The van der Waals surface area contributed by atoms with E-state index >= 15 is 0 Å². The van der Waals surface area contributed by atoms with Crippen LogP contribution in [0.2, 0.25) is 0 Å². The lowest BCUT2D eigenvalue weighted by Gasteiger charge is -2.58. The molecule has 6 fully saturated rings. The van der Waals surface area contributed by atoms with Crippen molar-refractivity contribution in [3.8, 4) is 22.5 Å². The zero-order valence-corrected chi connectivity index (χ0v) is 38.3. The molecule has 8 aliphatic rings. The van der Waals surface area contributed by atoms with E-state index in [1.54, 1.807) is 5.57 Å². The Hall–Kier alpha value is -3.84. The summed E-state index contributed by atoms with van der Waals surface area (Å²) in [5, 5.41) is 28.6. The minimum atomic E-state index is -0.119. The Kier molecular flexibility index (Phi) is 10.2. The van der Waals surface area contributed by atoms with Crippen LogP contribution in [0.3, 0.4) is 0 Å². The SMILES string of the molecule is C[C@H]1CC[C@@]2(C)C(=CCC3C2CC[C@@]2(C)C3CC[C@H]2n2cc(-c3ccccc3)nn2)C1.C[C@]12CC[C@H](O)CC1=CCC1C2CC[C@@]2(C)C1CC[C@H]2n1cc(-c2ccccc2)nn1. The highest BCUT2D eigenvalue weighted by Crippen LogP contribution is 2.69. The van der Waals surface area contributed by atoms with E-state index < -0.39 is 0 Å². The number of aliphatic hydroxyl groups is 1. The maximum absolute atomic E-state index is 10.2. The van der Waals surface area contributed by atoms with Gasteiger partial charge < -0.3 is 5.11 Å². The molecule has 0 amide bonds. The lowest BCUT2D eigenvalue weighted by atomic mass is 9.47. The average molecular weight is 833 g/mol. The molecule has 2 aromatic heterocycles. The highest BCUT2D eigenvalue weighted by molar-refractivity contribution is 5.58. The van der Waals surface area contributed by atoms with Gasteiger partial charge in [-0.1, -0.05) is 129 Å². The number of aliphatic hydroxyl groups excluding tert-OH is 1. The molecule has 14 atom stereocenters. The summed E-state index contributed by atoms with van der Waals surface area (Å²) >= 11 is 0. The van der Waals surface area contributed by atoms with E-state index in [-0.39, 0.29) is 6.10 Å². The highest BCUT2D eigenvalue weighted by Gasteiger charge is 2.61. The first-order valence-electron chi connectivity index (χ1n) is 25.0. The van der Waals surface area contributed by atoms with Crippen molar-refractivity contribution in [1.82, 2.24) is 30.0 Å². The maximum Gasteiger partial charge on any atom is 0.113 e. The second-order valence-electron chi connectivity index (χ2n) is 22.9. The zero-order chi connectivity index (χ0) is 42.4. The minimum Gasteiger partial charge on any atom is -0.393 e. The van der Waals surface area contributed by atoms with Crippen LogP contribution in [0.4, 0.5) is 0 Å². The maximum atomic E-state index is 10.2. The predicted octanol–water partition coefficient (Wildman–Crippen LogP) is 12.9. The number of hydrogen-bond acceptors (Lipinski definition) is 5. The number of fused-ring (bicyclic) bond motifs is 10. The Morgan fingerprint density at radius 1 is 0.532 bits per heavy atom. The van der Waals surface area contributed by atoms with Crippen LogP contribution in [0.5, 0.6) is 0 Å². The monoisotopic (exact) mass is 833 g/mol. The molecule has 6 unspecified atom stereocenters. The van der Waals surface area contributed by atoms with Crippen molar-refractivity contribution in [1.29, 1.82) is 0 Å². The second-order valence-corrected chi connectivity index (χ2v) is 22.9. The molecule has 2 heterocycles.